The molecule has 4 heteroatoms. The molecule has 2 aromatic heterocycles. The molecule has 4 rings (SSSR count). The maximum Gasteiger partial charge on any atom is 0.251 e. The topological polar surface area (TPSA) is 33.5 Å². The zero-order chi connectivity index (χ0) is 22.2. The zero-order valence-electron chi connectivity index (χ0n) is 19.0. The van der Waals surface area contributed by atoms with Crippen LogP contribution < -0.4 is 5.32 Å². The summed E-state index contributed by atoms with van der Waals surface area (Å²) < 4.78 is 16.7. The summed E-state index contributed by atoms with van der Waals surface area (Å²) in [7, 11) is 0. The Morgan fingerprint density at radius 3 is 2.35 bits per heavy atom. The number of hydrogen-bond donors (Lipinski definition) is 1. The fraction of sp³-hybridized carbons (Fsp3) is 0.444. The van der Waals surface area contributed by atoms with Crippen molar-refractivity contribution in [3.05, 3.63) is 76.6 Å². The lowest BCUT2D eigenvalue weighted by Crippen LogP contribution is -2.37. The largest absolute Gasteiger partial charge is 0.349 e. The van der Waals surface area contributed by atoms with E-state index in [9.17, 15) is 9.18 Å². The molecule has 0 bridgehead atoms. The van der Waals surface area contributed by atoms with Crippen molar-refractivity contribution < 1.29 is 9.18 Å². The van der Waals surface area contributed by atoms with Crippen molar-refractivity contribution in [1.82, 2.24) is 9.72 Å². The molecule has 1 amide bonds. The van der Waals surface area contributed by atoms with Crippen molar-refractivity contribution in [2.24, 2.45) is 5.92 Å². The van der Waals surface area contributed by atoms with Crippen LogP contribution in [-0.4, -0.2) is 16.3 Å². The second-order valence-electron chi connectivity index (χ2n) is 9.78. The molecule has 1 N–H and O–H groups in total. The number of carbonyl (C=O) groups is 1. The van der Waals surface area contributed by atoms with Gasteiger partial charge in [-0.1, -0.05) is 17.7 Å². The van der Waals surface area contributed by atoms with E-state index in [-0.39, 0.29) is 11.9 Å². The van der Waals surface area contributed by atoms with Gasteiger partial charge in [0.1, 0.15) is 5.67 Å². The first-order valence-corrected chi connectivity index (χ1v) is 11.4. The number of halogens is 1. The maximum atomic E-state index is 14.5. The molecule has 3 nitrogen and oxygen atoms in total. The highest BCUT2D eigenvalue weighted by Crippen LogP contribution is 2.31. The number of benzene rings is 1. The second-order valence-corrected chi connectivity index (χ2v) is 9.78. The molecule has 1 fully saturated rings. The molecule has 1 saturated carbocycles. The first-order valence-electron chi connectivity index (χ1n) is 11.4. The monoisotopic (exact) mass is 420 g/mol. The van der Waals surface area contributed by atoms with Crippen molar-refractivity contribution in [1.29, 1.82) is 0 Å². The second kappa shape index (κ2) is 8.49. The molecule has 0 spiro atoms. The summed E-state index contributed by atoms with van der Waals surface area (Å²) in [6.45, 7) is 7.35. The van der Waals surface area contributed by atoms with Gasteiger partial charge in [0.25, 0.3) is 5.91 Å². The van der Waals surface area contributed by atoms with Gasteiger partial charge < -0.3 is 9.72 Å². The van der Waals surface area contributed by atoms with Crippen LogP contribution in [0.15, 0.2) is 48.7 Å². The van der Waals surface area contributed by atoms with E-state index in [0.717, 1.165) is 54.3 Å². The van der Waals surface area contributed by atoms with E-state index in [1.54, 1.807) is 13.8 Å². The number of rotatable bonds is 5. The normalized spacial score (nSPS) is 19.5. The van der Waals surface area contributed by atoms with Crippen molar-refractivity contribution in [2.45, 2.75) is 71.5 Å². The molecular weight excluding hydrogens is 387 g/mol. The third-order valence-electron chi connectivity index (χ3n) is 6.61. The summed E-state index contributed by atoms with van der Waals surface area (Å²) in [5.74, 6) is 0.610. The summed E-state index contributed by atoms with van der Waals surface area (Å²) in [6, 6.07) is 14.3. The van der Waals surface area contributed by atoms with Crippen molar-refractivity contribution >= 4 is 11.4 Å². The Hall–Kier alpha value is -2.62. The van der Waals surface area contributed by atoms with E-state index in [0.29, 0.717) is 5.92 Å². The van der Waals surface area contributed by atoms with E-state index in [1.165, 1.54) is 11.3 Å². The van der Waals surface area contributed by atoms with Crippen LogP contribution in [0.5, 0.6) is 0 Å². The van der Waals surface area contributed by atoms with E-state index >= 15 is 0 Å². The number of aromatic nitrogens is 1. The Morgan fingerprint density at radius 2 is 1.71 bits per heavy atom. The molecule has 1 aromatic carbocycles. The van der Waals surface area contributed by atoms with E-state index in [4.69, 9.17) is 0 Å². The first-order chi connectivity index (χ1) is 14.7. The SMILES string of the molecule is Cc1ccc(C(=O)NC2CCC(Cc3cc(C)cc4cc(C(C)(C)F)cn34)CC2)cc1. The molecule has 1 aliphatic carbocycles. The summed E-state index contributed by atoms with van der Waals surface area (Å²) >= 11 is 0. The van der Waals surface area contributed by atoms with Crippen LogP contribution in [0.1, 0.15) is 72.3 Å². The number of amides is 1. The van der Waals surface area contributed by atoms with Gasteiger partial charge in [-0.15, -0.1) is 0 Å². The lowest BCUT2D eigenvalue weighted by molar-refractivity contribution is 0.0921. The molecule has 0 saturated heterocycles. The fourth-order valence-corrected chi connectivity index (χ4v) is 4.71. The first kappa shape index (κ1) is 21.6. The van der Waals surface area contributed by atoms with Gasteiger partial charge in [-0.05, 0) is 102 Å². The van der Waals surface area contributed by atoms with Gasteiger partial charge in [-0.3, -0.25) is 4.79 Å². The highest BCUT2D eigenvalue weighted by Gasteiger charge is 2.25. The molecule has 31 heavy (non-hydrogen) atoms. The van der Waals surface area contributed by atoms with Crippen LogP contribution in [0.2, 0.25) is 0 Å². The molecular formula is C27H33FN2O. The number of pyridine rings is 1. The minimum atomic E-state index is -1.34. The molecule has 3 aromatic rings. The number of nitrogens with zero attached hydrogens (tertiary/aromatic N) is 1. The number of alkyl halides is 1. The average Bonchev–Trinajstić information content (AvgIpc) is 3.14. The van der Waals surface area contributed by atoms with Gasteiger partial charge in [-0.2, -0.15) is 0 Å². The number of fused-ring (bicyclic) bond motifs is 1. The minimum absolute atomic E-state index is 0.0255. The van der Waals surface area contributed by atoms with Crippen molar-refractivity contribution in [3.8, 4) is 0 Å². The average molecular weight is 421 g/mol. The molecule has 164 valence electrons. The third kappa shape index (κ3) is 5.00. The van der Waals surface area contributed by atoms with E-state index in [2.05, 4.69) is 28.8 Å². The van der Waals surface area contributed by atoms with Crippen LogP contribution in [-0.2, 0) is 12.1 Å². The predicted octanol–water partition coefficient (Wildman–Crippen LogP) is 6.29. The van der Waals surface area contributed by atoms with Gasteiger partial charge in [0.05, 0.1) is 0 Å². The van der Waals surface area contributed by atoms with Crippen LogP contribution in [0, 0.1) is 19.8 Å². The van der Waals surface area contributed by atoms with Gasteiger partial charge in [0, 0.05) is 34.6 Å². The fourth-order valence-electron chi connectivity index (χ4n) is 4.71. The Bertz CT molecular complexity index is 1070. The summed E-state index contributed by atoms with van der Waals surface area (Å²) in [5, 5.41) is 3.21. The van der Waals surface area contributed by atoms with E-state index < -0.39 is 5.67 Å². The van der Waals surface area contributed by atoms with Crippen molar-refractivity contribution in [2.75, 3.05) is 0 Å². The maximum absolute atomic E-state index is 14.5. The highest BCUT2D eigenvalue weighted by atomic mass is 19.1. The predicted molar refractivity (Wildman–Crippen MR) is 124 cm³/mol. The third-order valence-corrected chi connectivity index (χ3v) is 6.61. The van der Waals surface area contributed by atoms with Gasteiger partial charge in [0.15, 0.2) is 0 Å². The molecule has 2 heterocycles. The number of hydrogen-bond acceptors (Lipinski definition) is 1. The summed E-state index contributed by atoms with van der Waals surface area (Å²) in [5.41, 5.74) is 4.80. The summed E-state index contributed by atoms with van der Waals surface area (Å²) in [6.07, 6.45) is 7.14. The Balaban J connectivity index is 1.39. The molecule has 0 radical (unpaired) electrons. The number of nitrogens with one attached hydrogen (secondary N) is 1. The number of aryl methyl sites for hydroxylation is 2. The van der Waals surface area contributed by atoms with Gasteiger partial charge >= 0.3 is 0 Å². The Kier molecular flexibility index (Phi) is 5.92. The Morgan fingerprint density at radius 1 is 1.03 bits per heavy atom. The van der Waals surface area contributed by atoms with Gasteiger partial charge in [0.2, 0.25) is 0 Å². The number of carbonyl (C=O) groups excluding carboxylic acids is 1. The molecule has 1 aliphatic rings. The lowest BCUT2D eigenvalue weighted by Gasteiger charge is -2.29. The molecule has 0 aliphatic heterocycles. The smallest absolute Gasteiger partial charge is 0.251 e. The minimum Gasteiger partial charge on any atom is -0.349 e. The highest BCUT2D eigenvalue weighted by molar-refractivity contribution is 5.94. The van der Waals surface area contributed by atoms with Gasteiger partial charge in [-0.25, -0.2) is 4.39 Å². The quantitative estimate of drug-likeness (QED) is 0.517. The molecule has 0 atom stereocenters. The van der Waals surface area contributed by atoms with Crippen LogP contribution >= 0.6 is 0 Å². The van der Waals surface area contributed by atoms with Crippen LogP contribution in [0.4, 0.5) is 4.39 Å². The van der Waals surface area contributed by atoms with Crippen LogP contribution in [0.3, 0.4) is 0 Å². The van der Waals surface area contributed by atoms with Crippen molar-refractivity contribution in [3.63, 3.8) is 0 Å². The standard InChI is InChI=1S/C27H33FN2O/c1-18-5-9-21(10-6-18)26(31)29-23-11-7-20(8-12-23)15-24-13-19(2)14-25-16-22(17-30(24)25)27(3,4)28/h5-6,9-10,13-14,16-17,20,23H,7-8,11-12,15H2,1-4H3,(H,29,31). The van der Waals surface area contributed by atoms with Crippen LogP contribution in [0.25, 0.3) is 5.52 Å². The molecule has 0 unspecified atom stereocenters. The summed E-state index contributed by atoms with van der Waals surface area (Å²) in [4.78, 5) is 12.5. The lowest BCUT2D eigenvalue weighted by atomic mass is 9.83. The Labute approximate surface area is 184 Å². The zero-order valence-corrected chi connectivity index (χ0v) is 19.0. The van der Waals surface area contributed by atoms with E-state index in [1.807, 2.05) is 43.5 Å².